The van der Waals surface area contributed by atoms with Crippen LogP contribution in [0.3, 0.4) is 0 Å². The number of carbonyl (C=O) groups is 2. The van der Waals surface area contributed by atoms with Crippen molar-refractivity contribution in [2.75, 3.05) is 17.3 Å². The summed E-state index contributed by atoms with van der Waals surface area (Å²) in [6, 6.07) is 10.6. The molecule has 0 aliphatic carbocycles. The van der Waals surface area contributed by atoms with E-state index in [0.29, 0.717) is 11.4 Å². The Kier molecular flexibility index (Phi) is 7.53. The monoisotopic (exact) mass is 459 g/mol. The standard InChI is InChI=1S/C23H29N3O7/c1-22(2,3)32-20(27)24-15-9-8-10-16(13-15)31-17-11-12-18(26(29)30)19(14-17)25(7)21(28)33-23(4,5)6/h8-14H,1-7H3,(H,24,27). The van der Waals surface area contributed by atoms with E-state index in [4.69, 9.17) is 14.2 Å². The molecule has 2 rings (SSSR count). The van der Waals surface area contributed by atoms with Gasteiger partial charge in [-0.3, -0.25) is 20.3 Å². The maximum atomic E-state index is 12.4. The Hall–Kier alpha value is -3.82. The summed E-state index contributed by atoms with van der Waals surface area (Å²) < 4.78 is 16.4. The fourth-order valence-electron chi connectivity index (χ4n) is 2.61. The third-order valence-electron chi connectivity index (χ3n) is 3.89. The molecule has 0 fully saturated rings. The van der Waals surface area contributed by atoms with Crippen molar-refractivity contribution in [2.24, 2.45) is 0 Å². The molecule has 2 amide bonds. The van der Waals surface area contributed by atoms with Crippen LogP contribution in [0.25, 0.3) is 0 Å². The second kappa shape index (κ2) is 9.76. The Bertz CT molecular complexity index is 1040. The fraction of sp³-hybridized carbons (Fsp3) is 0.391. The lowest BCUT2D eigenvalue weighted by molar-refractivity contribution is -0.384. The maximum Gasteiger partial charge on any atom is 0.414 e. The molecule has 0 aliphatic rings. The number of hydrogen-bond acceptors (Lipinski definition) is 7. The molecule has 0 aliphatic heterocycles. The number of amides is 2. The highest BCUT2D eigenvalue weighted by Gasteiger charge is 2.26. The van der Waals surface area contributed by atoms with Gasteiger partial charge in [0, 0.05) is 30.9 Å². The Morgan fingerprint density at radius 2 is 1.55 bits per heavy atom. The number of carbonyl (C=O) groups excluding carboxylic acids is 2. The first kappa shape index (κ1) is 25.4. The molecule has 10 heteroatoms. The summed E-state index contributed by atoms with van der Waals surface area (Å²) in [5, 5.41) is 14.1. The Balaban J connectivity index is 2.26. The van der Waals surface area contributed by atoms with Gasteiger partial charge < -0.3 is 14.2 Å². The number of nitrogens with zero attached hydrogens (tertiary/aromatic N) is 2. The van der Waals surface area contributed by atoms with Crippen LogP contribution in [-0.2, 0) is 9.47 Å². The molecule has 10 nitrogen and oxygen atoms in total. The van der Waals surface area contributed by atoms with Crippen molar-refractivity contribution in [2.45, 2.75) is 52.7 Å². The molecule has 0 saturated carbocycles. The van der Waals surface area contributed by atoms with Crippen LogP contribution in [-0.4, -0.2) is 35.4 Å². The number of hydrogen-bond donors (Lipinski definition) is 1. The number of nitrogens with one attached hydrogen (secondary N) is 1. The molecule has 2 aromatic rings. The summed E-state index contributed by atoms with van der Waals surface area (Å²) in [6.45, 7) is 10.4. The van der Waals surface area contributed by atoms with Crippen LogP contribution in [0, 0.1) is 10.1 Å². The molecule has 1 N–H and O–H groups in total. The molecule has 0 aromatic heterocycles. The summed E-state index contributed by atoms with van der Waals surface area (Å²) in [4.78, 5) is 36.4. The van der Waals surface area contributed by atoms with Crippen molar-refractivity contribution >= 4 is 29.2 Å². The van der Waals surface area contributed by atoms with Crippen LogP contribution in [0.1, 0.15) is 41.5 Å². The van der Waals surface area contributed by atoms with Gasteiger partial charge in [-0.15, -0.1) is 0 Å². The molecule has 0 saturated heterocycles. The van der Waals surface area contributed by atoms with Crippen molar-refractivity contribution in [3.05, 3.63) is 52.6 Å². The van der Waals surface area contributed by atoms with Gasteiger partial charge in [0.25, 0.3) is 5.69 Å². The normalized spacial score (nSPS) is 11.4. The smallest absolute Gasteiger partial charge is 0.414 e. The number of benzene rings is 2. The number of anilines is 2. The summed E-state index contributed by atoms with van der Waals surface area (Å²) in [5.41, 5.74) is -1.25. The Morgan fingerprint density at radius 1 is 0.939 bits per heavy atom. The number of nitro benzene ring substituents is 1. The van der Waals surface area contributed by atoms with Crippen molar-refractivity contribution in [3.8, 4) is 11.5 Å². The first-order valence-electron chi connectivity index (χ1n) is 10.2. The SMILES string of the molecule is CN(C(=O)OC(C)(C)C)c1cc(Oc2cccc(NC(=O)OC(C)(C)C)c2)ccc1[N+](=O)[O-]. The highest BCUT2D eigenvalue weighted by molar-refractivity contribution is 5.90. The molecule has 2 aromatic carbocycles. The van der Waals surface area contributed by atoms with Gasteiger partial charge in [-0.25, -0.2) is 9.59 Å². The molecule has 0 bridgehead atoms. The van der Waals surface area contributed by atoms with Crippen LogP contribution in [0.5, 0.6) is 11.5 Å². The van der Waals surface area contributed by atoms with E-state index in [1.165, 1.54) is 25.2 Å². The van der Waals surface area contributed by atoms with Crippen molar-refractivity contribution in [1.29, 1.82) is 0 Å². The topological polar surface area (TPSA) is 120 Å². The van der Waals surface area contributed by atoms with Crippen molar-refractivity contribution in [1.82, 2.24) is 0 Å². The third kappa shape index (κ3) is 7.99. The van der Waals surface area contributed by atoms with E-state index in [-0.39, 0.29) is 17.1 Å². The van der Waals surface area contributed by atoms with E-state index in [1.54, 1.807) is 65.8 Å². The first-order valence-corrected chi connectivity index (χ1v) is 10.2. The summed E-state index contributed by atoms with van der Waals surface area (Å²) in [7, 11) is 1.38. The highest BCUT2D eigenvalue weighted by atomic mass is 16.6. The number of nitro groups is 1. The zero-order valence-corrected chi connectivity index (χ0v) is 19.8. The predicted octanol–water partition coefficient (Wildman–Crippen LogP) is 6.11. The second-order valence-corrected chi connectivity index (χ2v) is 9.20. The van der Waals surface area contributed by atoms with Gasteiger partial charge in [0.1, 0.15) is 28.4 Å². The highest BCUT2D eigenvalue weighted by Crippen LogP contribution is 2.34. The average molecular weight is 459 g/mol. The van der Waals surface area contributed by atoms with E-state index < -0.39 is 28.3 Å². The lowest BCUT2D eigenvalue weighted by Crippen LogP contribution is -2.34. The zero-order valence-electron chi connectivity index (χ0n) is 19.8. The minimum absolute atomic E-state index is 0.00906. The van der Waals surface area contributed by atoms with E-state index >= 15 is 0 Å². The van der Waals surface area contributed by atoms with Gasteiger partial charge in [-0.05, 0) is 59.7 Å². The van der Waals surface area contributed by atoms with Crippen molar-refractivity contribution < 1.29 is 28.7 Å². The maximum absolute atomic E-state index is 12.4. The molecule has 33 heavy (non-hydrogen) atoms. The van der Waals surface area contributed by atoms with Gasteiger partial charge in [0.2, 0.25) is 0 Å². The lowest BCUT2D eigenvalue weighted by Gasteiger charge is -2.24. The van der Waals surface area contributed by atoms with E-state index in [1.807, 2.05) is 0 Å². The van der Waals surface area contributed by atoms with Gasteiger partial charge >= 0.3 is 12.2 Å². The van der Waals surface area contributed by atoms with Gasteiger partial charge in [-0.1, -0.05) is 6.07 Å². The predicted molar refractivity (Wildman–Crippen MR) is 124 cm³/mol. The second-order valence-electron chi connectivity index (χ2n) is 9.20. The molecular formula is C23H29N3O7. The van der Waals surface area contributed by atoms with Crippen LogP contribution in [0.15, 0.2) is 42.5 Å². The minimum atomic E-state index is -0.768. The molecule has 0 radical (unpaired) electrons. The largest absolute Gasteiger partial charge is 0.457 e. The van der Waals surface area contributed by atoms with Crippen molar-refractivity contribution in [3.63, 3.8) is 0 Å². The summed E-state index contributed by atoms with van der Waals surface area (Å²) >= 11 is 0. The molecule has 178 valence electrons. The van der Waals surface area contributed by atoms with Gasteiger partial charge in [0.15, 0.2) is 0 Å². The Labute approximate surface area is 192 Å². The summed E-state index contributed by atoms with van der Waals surface area (Å²) in [6.07, 6.45) is -1.36. The Morgan fingerprint density at radius 3 is 2.12 bits per heavy atom. The van der Waals surface area contributed by atoms with Crippen LogP contribution >= 0.6 is 0 Å². The van der Waals surface area contributed by atoms with E-state index in [0.717, 1.165) is 4.90 Å². The molecule has 0 spiro atoms. The molecule has 0 atom stereocenters. The molecular weight excluding hydrogens is 430 g/mol. The minimum Gasteiger partial charge on any atom is -0.457 e. The van der Waals surface area contributed by atoms with Crippen LogP contribution in [0.4, 0.5) is 26.7 Å². The first-order chi connectivity index (χ1) is 15.1. The third-order valence-corrected chi connectivity index (χ3v) is 3.89. The van der Waals surface area contributed by atoms with E-state index in [9.17, 15) is 19.7 Å². The molecule has 0 unspecified atom stereocenters. The number of rotatable bonds is 5. The van der Waals surface area contributed by atoms with Gasteiger partial charge in [-0.2, -0.15) is 0 Å². The van der Waals surface area contributed by atoms with Crippen LogP contribution in [0.2, 0.25) is 0 Å². The lowest BCUT2D eigenvalue weighted by atomic mass is 10.2. The number of ether oxygens (including phenoxy) is 3. The fourth-order valence-corrected chi connectivity index (χ4v) is 2.61. The van der Waals surface area contributed by atoms with Crippen LogP contribution < -0.4 is 15.0 Å². The van der Waals surface area contributed by atoms with E-state index in [2.05, 4.69) is 5.32 Å². The quantitative estimate of drug-likeness (QED) is 0.423. The molecule has 0 heterocycles. The zero-order chi connectivity index (χ0) is 25.0. The average Bonchev–Trinajstić information content (AvgIpc) is 2.64. The van der Waals surface area contributed by atoms with Gasteiger partial charge in [0.05, 0.1) is 4.92 Å². The summed E-state index contributed by atoms with van der Waals surface area (Å²) in [5.74, 6) is 0.615.